The van der Waals surface area contributed by atoms with E-state index in [1.54, 1.807) is 0 Å². The number of anilines is 1. The SMILES string of the molecule is CCCCN(Cc1cc(Br)c(O)c(Br)c1)c1ccccc1. The largest absolute Gasteiger partial charge is 0.506 e. The van der Waals surface area contributed by atoms with Gasteiger partial charge in [0, 0.05) is 18.8 Å². The van der Waals surface area contributed by atoms with Crippen LogP contribution >= 0.6 is 31.9 Å². The molecule has 1 N–H and O–H groups in total. The van der Waals surface area contributed by atoms with Crippen molar-refractivity contribution in [1.82, 2.24) is 0 Å². The molecule has 0 amide bonds. The molecule has 0 unspecified atom stereocenters. The van der Waals surface area contributed by atoms with Crippen molar-refractivity contribution < 1.29 is 5.11 Å². The third-order valence-electron chi connectivity index (χ3n) is 3.35. The monoisotopic (exact) mass is 411 g/mol. The third-order valence-corrected chi connectivity index (χ3v) is 4.56. The highest BCUT2D eigenvalue weighted by molar-refractivity contribution is 9.11. The highest BCUT2D eigenvalue weighted by Crippen LogP contribution is 2.34. The van der Waals surface area contributed by atoms with Crippen LogP contribution in [0.3, 0.4) is 0 Å². The topological polar surface area (TPSA) is 23.5 Å². The van der Waals surface area contributed by atoms with Crippen molar-refractivity contribution >= 4 is 37.5 Å². The van der Waals surface area contributed by atoms with Gasteiger partial charge in [-0.05, 0) is 68.1 Å². The Morgan fingerprint density at radius 1 is 1.05 bits per heavy atom. The maximum atomic E-state index is 9.82. The van der Waals surface area contributed by atoms with Crippen LogP contribution < -0.4 is 4.90 Å². The fraction of sp³-hybridized carbons (Fsp3) is 0.294. The average molecular weight is 413 g/mol. The molecule has 4 heteroatoms. The van der Waals surface area contributed by atoms with Crippen molar-refractivity contribution in [3.63, 3.8) is 0 Å². The second-order valence-corrected chi connectivity index (χ2v) is 6.73. The summed E-state index contributed by atoms with van der Waals surface area (Å²) in [6.07, 6.45) is 2.33. The van der Waals surface area contributed by atoms with Crippen molar-refractivity contribution in [1.29, 1.82) is 0 Å². The Morgan fingerprint density at radius 2 is 1.67 bits per heavy atom. The summed E-state index contributed by atoms with van der Waals surface area (Å²) < 4.78 is 1.44. The van der Waals surface area contributed by atoms with Gasteiger partial charge in [-0.15, -0.1) is 0 Å². The normalized spacial score (nSPS) is 10.6. The Bertz CT molecular complexity index is 564. The number of unbranched alkanes of at least 4 members (excludes halogenated alkanes) is 1. The summed E-state index contributed by atoms with van der Waals surface area (Å²) in [5, 5.41) is 9.82. The number of para-hydroxylation sites is 1. The minimum atomic E-state index is 0.249. The van der Waals surface area contributed by atoms with Crippen LogP contribution in [-0.4, -0.2) is 11.7 Å². The third kappa shape index (κ3) is 4.48. The lowest BCUT2D eigenvalue weighted by Gasteiger charge is -2.25. The van der Waals surface area contributed by atoms with E-state index in [1.807, 2.05) is 18.2 Å². The molecule has 0 aliphatic rings. The van der Waals surface area contributed by atoms with Gasteiger partial charge in [0.2, 0.25) is 0 Å². The minimum absolute atomic E-state index is 0.249. The molecule has 0 fully saturated rings. The van der Waals surface area contributed by atoms with E-state index in [4.69, 9.17) is 0 Å². The van der Waals surface area contributed by atoms with Gasteiger partial charge in [-0.1, -0.05) is 31.5 Å². The molecule has 0 saturated heterocycles. The number of aromatic hydroxyl groups is 1. The molecule has 2 rings (SSSR count). The first-order valence-corrected chi connectivity index (χ1v) is 8.67. The van der Waals surface area contributed by atoms with Gasteiger partial charge in [-0.2, -0.15) is 0 Å². The number of hydrogen-bond acceptors (Lipinski definition) is 2. The summed E-state index contributed by atoms with van der Waals surface area (Å²) in [6.45, 7) is 4.05. The zero-order valence-corrected chi connectivity index (χ0v) is 15.2. The van der Waals surface area contributed by atoms with Crippen LogP contribution in [0.25, 0.3) is 0 Å². The predicted molar refractivity (Wildman–Crippen MR) is 95.9 cm³/mol. The van der Waals surface area contributed by atoms with Gasteiger partial charge in [-0.3, -0.25) is 0 Å². The van der Waals surface area contributed by atoms with E-state index >= 15 is 0 Å². The summed E-state index contributed by atoms with van der Waals surface area (Å²) in [5.74, 6) is 0.249. The van der Waals surface area contributed by atoms with Gasteiger partial charge in [0.05, 0.1) is 8.95 Å². The Kier molecular flexibility index (Phi) is 6.12. The molecule has 0 bridgehead atoms. The number of nitrogens with zero attached hydrogens (tertiary/aromatic N) is 1. The molecule has 112 valence electrons. The van der Waals surface area contributed by atoms with E-state index in [2.05, 4.69) is 67.9 Å². The van der Waals surface area contributed by atoms with E-state index in [1.165, 1.54) is 12.1 Å². The fourth-order valence-electron chi connectivity index (χ4n) is 2.22. The van der Waals surface area contributed by atoms with Crippen LogP contribution in [0.15, 0.2) is 51.4 Å². The molecule has 0 saturated carbocycles. The van der Waals surface area contributed by atoms with Crippen LogP contribution in [0.5, 0.6) is 5.75 Å². The van der Waals surface area contributed by atoms with Crippen LogP contribution in [0, 0.1) is 0 Å². The summed E-state index contributed by atoms with van der Waals surface area (Å²) in [6, 6.07) is 14.4. The number of benzene rings is 2. The molecular weight excluding hydrogens is 394 g/mol. The maximum Gasteiger partial charge on any atom is 0.143 e. The summed E-state index contributed by atoms with van der Waals surface area (Å²) in [7, 11) is 0. The molecule has 2 nitrogen and oxygen atoms in total. The van der Waals surface area contributed by atoms with Crippen molar-refractivity contribution in [3.05, 3.63) is 57.0 Å². The number of rotatable bonds is 6. The van der Waals surface area contributed by atoms with Crippen LogP contribution in [0.4, 0.5) is 5.69 Å². The molecule has 0 aliphatic heterocycles. The molecule has 0 heterocycles. The number of phenolic OH excluding ortho intramolecular Hbond substituents is 1. The number of hydrogen-bond donors (Lipinski definition) is 1. The summed E-state index contributed by atoms with van der Waals surface area (Å²) >= 11 is 6.79. The lowest BCUT2D eigenvalue weighted by atomic mass is 10.1. The Labute approximate surface area is 143 Å². The molecule has 0 aliphatic carbocycles. The van der Waals surface area contributed by atoms with Gasteiger partial charge < -0.3 is 10.0 Å². The zero-order valence-electron chi connectivity index (χ0n) is 12.0. The standard InChI is InChI=1S/C17H19Br2NO/c1-2-3-9-20(14-7-5-4-6-8-14)12-13-10-15(18)17(21)16(19)11-13/h4-8,10-11,21H,2-3,9,12H2,1H3. The van der Waals surface area contributed by atoms with Crippen molar-refractivity contribution in [2.24, 2.45) is 0 Å². The van der Waals surface area contributed by atoms with Crippen LogP contribution in [0.2, 0.25) is 0 Å². The molecule has 2 aromatic carbocycles. The second-order valence-electron chi connectivity index (χ2n) is 5.02. The lowest BCUT2D eigenvalue weighted by Crippen LogP contribution is -2.23. The predicted octanol–water partition coefficient (Wildman–Crippen LogP) is 5.72. The quantitative estimate of drug-likeness (QED) is 0.655. The first-order valence-electron chi connectivity index (χ1n) is 7.08. The fourth-order valence-corrected chi connectivity index (χ4v) is 3.50. The average Bonchev–Trinajstić information content (AvgIpc) is 2.49. The number of phenols is 1. The van der Waals surface area contributed by atoms with Crippen molar-refractivity contribution in [2.75, 3.05) is 11.4 Å². The molecule has 21 heavy (non-hydrogen) atoms. The summed E-state index contributed by atoms with van der Waals surface area (Å²) in [4.78, 5) is 2.37. The van der Waals surface area contributed by atoms with E-state index in [9.17, 15) is 5.11 Å². The van der Waals surface area contributed by atoms with Gasteiger partial charge in [0.1, 0.15) is 5.75 Å². The zero-order chi connectivity index (χ0) is 15.2. The van der Waals surface area contributed by atoms with Gasteiger partial charge >= 0.3 is 0 Å². The van der Waals surface area contributed by atoms with E-state index < -0.39 is 0 Å². The highest BCUT2D eigenvalue weighted by atomic mass is 79.9. The smallest absolute Gasteiger partial charge is 0.143 e. The summed E-state index contributed by atoms with van der Waals surface area (Å²) in [5.41, 5.74) is 2.39. The molecule has 0 spiro atoms. The Hall–Kier alpha value is -1.00. The van der Waals surface area contributed by atoms with Gasteiger partial charge in [0.15, 0.2) is 0 Å². The van der Waals surface area contributed by atoms with E-state index in [0.29, 0.717) is 0 Å². The molecule has 0 aromatic heterocycles. The molecule has 0 atom stereocenters. The van der Waals surface area contributed by atoms with Crippen molar-refractivity contribution in [3.8, 4) is 5.75 Å². The molecule has 0 radical (unpaired) electrons. The number of halogens is 2. The molecule has 2 aromatic rings. The van der Waals surface area contributed by atoms with Crippen LogP contribution in [0.1, 0.15) is 25.3 Å². The lowest BCUT2D eigenvalue weighted by molar-refractivity contribution is 0.468. The maximum absolute atomic E-state index is 9.82. The Morgan fingerprint density at radius 3 is 2.24 bits per heavy atom. The van der Waals surface area contributed by atoms with Crippen LogP contribution in [-0.2, 0) is 6.54 Å². The van der Waals surface area contributed by atoms with Gasteiger partial charge in [0.25, 0.3) is 0 Å². The highest BCUT2D eigenvalue weighted by Gasteiger charge is 2.10. The van der Waals surface area contributed by atoms with Gasteiger partial charge in [-0.25, -0.2) is 0 Å². The first kappa shape index (κ1) is 16.4. The second kappa shape index (κ2) is 7.85. The van der Waals surface area contributed by atoms with E-state index in [-0.39, 0.29) is 5.75 Å². The van der Waals surface area contributed by atoms with E-state index in [0.717, 1.165) is 34.0 Å². The Balaban J connectivity index is 2.23. The minimum Gasteiger partial charge on any atom is -0.506 e. The molecular formula is C17H19Br2NO. The first-order chi connectivity index (χ1) is 10.1. The van der Waals surface area contributed by atoms with Crippen molar-refractivity contribution in [2.45, 2.75) is 26.3 Å².